The molecule has 0 radical (unpaired) electrons. The van der Waals surface area contributed by atoms with Crippen molar-refractivity contribution in [2.45, 2.75) is 46.1 Å². The highest BCUT2D eigenvalue weighted by Gasteiger charge is 2.26. The van der Waals surface area contributed by atoms with Gasteiger partial charge in [0.05, 0.1) is 6.10 Å². The van der Waals surface area contributed by atoms with E-state index in [0.717, 1.165) is 38.2 Å². The van der Waals surface area contributed by atoms with Gasteiger partial charge >= 0.3 is 5.97 Å². The largest absolute Gasteiger partial charge is 0.459 e. The lowest BCUT2D eigenvalue weighted by molar-refractivity contribution is 0.0378. The van der Waals surface area contributed by atoms with E-state index in [9.17, 15) is 4.79 Å². The summed E-state index contributed by atoms with van der Waals surface area (Å²) in [6.07, 6.45) is 4.47. The minimum Gasteiger partial charge on any atom is -0.459 e. The number of piperidine rings is 1. The molecule has 2 aromatic heterocycles. The molecule has 0 bridgehead atoms. The molecule has 1 aliphatic rings. The summed E-state index contributed by atoms with van der Waals surface area (Å²) in [7, 11) is 0. The van der Waals surface area contributed by atoms with E-state index >= 15 is 0 Å². The zero-order valence-corrected chi connectivity index (χ0v) is 14.9. The normalized spacial score (nSPS) is 17.8. The molecule has 25 heavy (non-hydrogen) atoms. The van der Waals surface area contributed by atoms with E-state index in [0.29, 0.717) is 23.2 Å². The molecule has 3 rings (SSSR count). The summed E-state index contributed by atoms with van der Waals surface area (Å²) >= 11 is 0. The van der Waals surface area contributed by atoms with E-state index < -0.39 is 0 Å². The van der Waals surface area contributed by atoms with E-state index in [1.165, 1.54) is 0 Å². The molecular weight excluding hydrogens is 320 g/mol. The number of carbonyl (C=O) groups excluding carboxylic acids is 1. The van der Waals surface area contributed by atoms with Gasteiger partial charge < -0.3 is 14.2 Å². The fraction of sp³-hybridized carbons (Fsp3) is 0.556. The van der Waals surface area contributed by atoms with Crippen molar-refractivity contribution in [3.05, 3.63) is 35.6 Å². The third kappa shape index (κ3) is 4.35. The maximum atomic E-state index is 12.4. The predicted molar refractivity (Wildman–Crippen MR) is 92.5 cm³/mol. The van der Waals surface area contributed by atoms with Crippen molar-refractivity contribution in [1.82, 2.24) is 15.1 Å². The minimum atomic E-state index is -0.325. The molecule has 7 heteroatoms. The summed E-state index contributed by atoms with van der Waals surface area (Å²) < 4.78 is 10.4. The number of aryl methyl sites for hydroxylation is 1. The van der Waals surface area contributed by atoms with Crippen molar-refractivity contribution >= 4 is 11.8 Å². The minimum absolute atomic E-state index is 0.156. The van der Waals surface area contributed by atoms with Crippen LogP contribution in [0.4, 0.5) is 5.82 Å². The average molecular weight is 344 g/mol. The Morgan fingerprint density at radius 2 is 2.32 bits per heavy atom. The maximum Gasteiger partial charge on any atom is 0.342 e. The quantitative estimate of drug-likeness (QED) is 0.771. The molecule has 1 saturated heterocycles. The lowest BCUT2D eigenvalue weighted by Crippen LogP contribution is -2.38. The number of aromatic nitrogens is 3. The molecule has 7 nitrogen and oxygen atoms in total. The SMILES string of the molecule is Cc1nc(CC2CCCN(c3ncccc3C(=O)OC(C)C)C2)no1. The molecule has 0 N–H and O–H groups in total. The van der Waals surface area contributed by atoms with Crippen molar-refractivity contribution in [3.63, 3.8) is 0 Å². The summed E-state index contributed by atoms with van der Waals surface area (Å²) in [6, 6.07) is 3.54. The van der Waals surface area contributed by atoms with Crippen LogP contribution < -0.4 is 4.90 Å². The summed E-state index contributed by atoms with van der Waals surface area (Å²) in [5.41, 5.74) is 0.521. The third-order valence-electron chi connectivity index (χ3n) is 4.21. The van der Waals surface area contributed by atoms with Gasteiger partial charge in [-0.15, -0.1) is 0 Å². The smallest absolute Gasteiger partial charge is 0.342 e. The van der Waals surface area contributed by atoms with Crippen LogP contribution in [0.5, 0.6) is 0 Å². The van der Waals surface area contributed by atoms with Gasteiger partial charge in [0.1, 0.15) is 11.4 Å². The van der Waals surface area contributed by atoms with Gasteiger partial charge in [0.25, 0.3) is 0 Å². The zero-order valence-electron chi connectivity index (χ0n) is 14.9. The van der Waals surface area contributed by atoms with Gasteiger partial charge in [-0.05, 0) is 44.7 Å². The van der Waals surface area contributed by atoms with Gasteiger partial charge in [-0.3, -0.25) is 0 Å². The van der Waals surface area contributed by atoms with Crippen LogP contribution >= 0.6 is 0 Å². The lowest BCUT2D eigenvalue weighted by atomic mass is 9.94. The number of esters is 1. The summed E-state index contributed by atoms with van der Waals surface area (Å²) in [6.45, 7) is 7.17. The van der Waals surface area contributed by atoms with Gasteiger partial charge in [-0.25, -0.2) is 9.78 Å². The Balaban J connectivity index is 1.74. The second-order valence-corrected chi connectivity index (χ2v) is 6.72. The number of hydrogen-bond acceptors (Lipinski definition) is 7. The molecule has 1 fully saturated rings. The van der Waals surface area contributed by atoms with Crippen LogP contribution in [-0.4, -0.2) is 40.3 Å². The van der Waals surface area contributed by atoms with Crippen LogP contribution in [0.15, 0.2) is 22.9 Å². The van der Waals surface area contributed by atoms with E-state index in [1.807, 2.05) is 13.8 Å². The van der Waals surface area contributed by atoms with Crippen molar-refractivity contribution in [3.8, 4) is 0 Å². The molecule has 0 spiro atoms. The van der Waals surface area contributed by atoms with Crippen LogP contribution in [0.1, 0.15) is 48.8 Å². The number of anilines is 1. The van der Waals surface area contributed by atoms with Crippen molar-refractivity contribution in [2.24, 2.45) is 5.92 Å². The fourth-order valence-electron chi connectivity index (χ4n) is 3.19. The Morgan fingerprint density at radius 3 is 3.04 bits per heavy atom. The van der Waals surface area contributed by atoms with Gasteiger partial charge in [-0.1, -0.05) is 5.16 Å². The highest BCUT2D eigenvalue weighted by Crippen LogP contribution is 2.26. The Bertz CT molecular complexity index is 729. The van der Waals surface area contributed by atoms with Crippen molar-refractivity contribution in [2.75, 3.05) is 18.0 Å². The standard InChI is InChI=1S/C18H24N4O3/c1-12(2)24-18(23)15-7-4-8-19-17(15)22-9-5-6-14(11-22)10-16-20-13(3)25-21-16/h4,7-8,12,14H,5-6,9-11H2,1-3H3. The first kappa shape index (κ1) is 17.4. The van der Waals surface area contributed by atoms with Crippen LogP contribution in [0.25, 0.3) is 0 Å². The first-order chi connectivity index (χ1) is 12.0. The number of rotatable bonds is 5. The van der Waals surface area contributed by atoms with E-state index in [4.69, 9.17) is 9.26 Å². The Morgan fingerprint density at radius 1 is 1.48 bits per heavy atom. The van der Waals surface area contributed by atoms with E-state index in [1.54, 1.807) is 25.3 Å². The maximum absolute atomic E-state index is 12.4. The highest BCUT2D eigenvalue weighted by atomic mass is 16.5. The van der Waals surface area contributed by atoms with Crippen LogP contribution in [0.2, 0.25) is 0 Å². The first-order valence-electron chi connectivity index (χ1n) is 8.73. The average Bonchev–Trinajstić information content (AvgIpc) is 2.99. The molecule has 3 heterocycles. The van der Waals surface area contributed by atoms with Crippen LogP contribution in [0.3, 0.4) is 0 Å². The van der Waals surface area contributed by atoms with E-state index in [-0.39, 0.29) is 12.1 Å². The lowest BCUT2D eigenvalue weighted by Gasteiger charge is -2.34. The van der Waals surface area contributed by atoms with Crippen LogP contribution in [0, 0.1) is 12.8 Å². The van der Waals surface area contributed by atoms with Gasteiger partial charge in [0.2, 0.25) is 5.89 Å². The summed E-state index contributed by atoms with van der Waals surface area (Å²) in [5.74, 6) is 2.11. The molecule has 2 aromatic rings. The molecule has 0 aromatic carbocycles. The number of pyridine rings is 1. The number of hydrogen-bond donors (Lipinski definition) is 0. The van der Waals surface area contributed by atoms with Gasteiger partial charge in [0.15, 0.2) is 5.82 Å². The fourth-order valence-corrected chi connectivity index (χ4v) is 3.19. The summed E-state index contributed by atoms with van der Waals surface area (Å²) in [4.78, 5) is 23.3. The first-order valence-corrected chi connectivity index (χ1v) is 8.73. The molecule has 0 aliphatic carbocycles. The Labute approximate surface area is 147 Å². The topological polar surface area (TPSA) is 81.4 Å². The van der Waals surface area contributed by atoms with Crippen LogP contribution in [-0.2, 0) is 11.2 Å². The Hall–Kier alpha value is -2.44. The molecule has 1 aliphatic heterocycles. The predicted octanol–water partition coefficient (Wildman–Crippen LogP) is 2.80. The van der Waals surface area contributed by atoms with Gasteiger partial charge in [-0.2, -0.15) is 4.98 Å². The van der Waals surface area contributed by atoms with Gasteiger partial charge in [0, 0.05) is 32.6 Å². The molecule has 0 amide bonds. The van der Waals surface area contributed by atoms with Crippen molar-refractivity contribution < 1.29 is 14.1 Å². The summed E-state index contributed by atoms with van der Waals surface area (Å²) in [5, 5.41) is 3.99. The van der Waals surface area contributed by atoms with Crippen molar-refractivity contribution in [1.29, 1.82) is 0 Å². The number of carbonyl (C=O) groups is 1. The highest BCUT2D eigenvalue weighted by molar-refractivity contribution is 5.94. The number of ether oxygens (including phenoxy) is 1. The molecule has 0 saturated carbocycles. The third-order valence-corrected chi connectivity index (χ3v) is 4.21. The number of nitrogens with zero attached hydrogens (tertiary/aromatic N) is 4. The Kier molecular flexibility index (Phi) is 5.31. The molecule has 1 unspecified atom stereocenters. The second-order valence-electron chi connectivity index (χ2n) is 6.72. The molecule has 134 valence electrons. The second kappa shape index (κ2) is 7.63. The molecular formula is C18H24N4O3. The molecule has 1 atom stereocenters. The zero-order chi connectivity index (χ0) is 17.8. The van der Waals surface area contributed by atoms with E-state index in [2.05, 4.69) is 20.0 Å². The monoisotopic (exact) mass is 344 g/mol.